The van der Waals surface area contributed by atoms with Gasteiger partial charge in [0.25, 0.3) is 0 Å². The van der Waals surface area contributed by atoms with Crippen LogP contribution in [-0.2, 0) is 0 Å². The van der Waals surface area contributed by atoms with Crippen LogP contribution < -0.4 is 4.02 Å². The minimum atomic E-state index is -0.968. The summed E-state index contributed by atoms with van der Waals surface area (Å²) in [4.78, 5) is 9.27. The van der Waals surface area contributed by atoms with Crippen LogP contribution in [0.25, 0.3) is 0 Å². The van der Waals surface area contributed by atoms with Gasteiger partial charge in [0, 0.05) is 0 Å². The first kappa shape index (κ1) is 4.91. The van der Waals surface area contributed by atoms with Crippen LogP contribution in [0.5, 0.6) is 0 Å². The van der Waals surface area contributed by atoms with Crippen molar-refractivity contribution in [3.05, 3.63) is 0 Å². The molecule has 0 saturated heterocycles. The van der Waals surface area contributed by atoms with Gasteiger partial charge in [0.05, 0.1) is 0 Å². The number of hydrogen-bond acceptors (Lipinski definition) is 1. The average Bonchev–Trinajstić information content (AvgIpc) is 1.38. The summed E-state index contributed by atoms with van der Waals surface area (Å²) in [6.45, 7) is 0. The molecule has 26 valence electrons. The van der Waals surface area contributed by atoms with E-state index >= 15 is 0 Å². The molecule has 3 nitrogen and oxygen atoms in total. The molecular weight excluding hydrogens is 128 g/mol. The van der Waals surface area contributed by atoms with Gasteiger partial charge in [-0.25, -0.2) is 0 Å². The summed E-state index contributed by atoms with van der Waals surface area (Å²) in [7, 11) is 0. The van der Waals surface area contributed by atoms with Crippen molar-refractivity contribution in [3.8, 4) is 0 Å². The Bertz CT molecular complexity index is 44.9. The molecule has 0 bridgehead atoms. The Morgan fingerprint density at radius 2 is 2.20 bits per heavy atom. The first-order valence-electron chi connectivity index (χ1n) is 0.966. The molecule has 0 unspecified atom stereocenters. The predicted octanol–water partition coefficient (Wildman–Crippen LogP) is -0.663. The van der Waals surface area contributed by atoms with Gasteiger partial charge < -0.3 is 0 Å². The molecule has 4 heteroatoms. The standard InChI is InChI=1S/CH2NO2.Ga/c2-1(3)4;/h2H,(H,3,4);/q-1;+1. The second kappa shape index (κ2) is 2.16. The molecular formula is CH2GaNO2. The van der Waals surface area contributed by atoms with Crippen LogP contribution >= 0.6 is 0 Å². The molecule has 5 heavy (non-hydrogen) atoms. The van der Waals surface area contributed by atoms with E-state index in [0.29, 0.717) is 0 Å². The van der Waals surface area contributed by atoms with Crippen molar-refractivity contribution in [3.63, 3.8) is 0 Å². The zero-order chi connectivity index (χ0) is 4.28. The van der Waals surface area contributed by atoms with Crippen molar-refractivity contribution in [2.24, 2.45) is 0 Å². The zero-order valence-electron chi connectivity index (χ0n) is 2.43. The Morgan fingerprint density at radius 3 is 2.20 bits per heavy atom. The van der Waals surface area contributed by atoms with Gasteiger partial charge in [-0.1, -0.05) is 0 Å². The molecule has 0 aromatic heterocycles. The van der Waals surface area contributed by atoms with Crippen LogP contribution in [0.4, 0.5) is 4.79 Å². The van der Waals surface area contributed by atoms with Gasteiger partial charge in [0.2, 0.25) is 0 Å². The number of carboxylic acid groups (broad SMARTS) is 1. The first-order valence-corrected chi connectivity index (χ1v) is 2.18. The van der Waals surface area contributed by atoms with Crippen LogP contribution in [0, 0.1) is 0 Å². The minimum absolute atomic E-state index is 0.968. The Hall–Kier alpha value is -0.0936. The van der Waals surface area contributed by atoms with Gasteiger partial charge in [-0.15, -0.1) is 0 Å². The summed E-state index contributed by atoms with van der Waals surface area (Å²) in [6.07, 6.45) is -0.968. The van der Waals surface area contributed by atoms with Gasteiger partial charge in [0.1, 0.15) is 0 Å². The maximum atomic E-state index is 9.27. The van der Waals surface area contributed by atoms with E-state index in [4.69, 9.17) is 5.11 Å². The average molecular weight is 130 g/mol. The van der Waals surface area contributed by atoms with Crippen molar-refractivity contribution < 1.29 is 9.90 Å². The van der Waals surface area contributed by atoms with Crippen molar-refractivity contribution >= 4 is 24.9 Å². The number of carbonyl (C=O) groups is 1. The maximum absolute atomic E-state index is 9.27. The summed E-state index contributed by atoms with van der Waals surface area (Å²) in [5, 5.41) is 7.63. The van der Waals surface area contributed by atoms with Crippen LogP contribution in [0.3, 0.4) is 0 Å². The Morgan fingerprint density at radius 1 is 2.00 bits per heavy atom. The second-order valence-electron chi connectivity index (χ2n) is 0.449. The van der Waals surface area contributed by atoms with E-state index in [1.807, 2.05) is 4.02 Å². The van der Waals surface area contributed by atoms with Crippen molar-refractivity contribution in [2.45, 2.75) is 0 Å². The molecule has 1 amide bonds. The van der Waals surface area contributed by atoms with Crippen LogP contribution in [-0.4, -0.2) is 30.0 Å². The summed E-state index contributed by atoms with van der Waals surface area (Å²) >= 11 is 0.978. The van der Waals surface area contributed by atoms with Crippen molar-refractivity contribution in [1.29, 1.82) is 0 Å². The van der Waals surface area contributed by atoms with E-state index in [2.05, 4.69) is 0 Å². The van der Waals surface area contributed by atoms with E-state index < -0.39 is 6.09 Å². The third-order valence-electron chi connectivity index (χ3n) is 0.123. The molecule has 0 aromatic rings. The number of nitrogens with one attached hydrogen (secondary N) is 1. The Balaban J connectivity index is 2.85. The molecule has 0 spiro atoms. The molecule has 0 saturated carbocycles. The molecule has 2 N–H and O–H groups in total. The summed E-state index contributed by atoms with van der Waals surface area (Å²) in [5.74, 6) is 0. The van der Waals surface area contributed by atoms with Gasteiger partial charge in [-0.3, -0.25) is 0 Å². The number of rotatable bonds is 0. The van der Waals surface area contributed by atoms with E-state index in [-0.39, 0.29) is 0 Å². The molecule has 0 aliphatic heterocycles. The molecule has 0 aliphatic carbocycles. The van der Waals surface area contributed by atoms with Gasteiger partial charge in [-0.2, -0.15) is 0 Å². The Labute approximate surface area is 39.6 Å². The van der Waals surface area contributed by atoms with Crippen LogP contribution in [0.1, 0.15) is 0 Å². The normalized spacial score (nSPS) is 6.40. The molecule has 2 radical (unpaired) electrons. The third kappa shape index (κ3) is 3.91. The van der Waals surface area contributed by atoms with Crippen LogP contribution in [0.2, 0.25) is 0 Å². The van der Waals surface area contributed by atoms with E-state index in [1.165, 1.54) is 0 Å². The van der Waals surface area contributed by atoms with Gasteiger partial charge in [-0.05, 0) is 0 Å². The molecule has 0 rings (SSSR count). The summed E-state index contributed by atoms with van der Waals surface area (Å²) < 4.78 is 2.01. The van der Waals surface area contributed by atoms with E-state index in [9.17, 15) is 4.79 Å². The summed E-state index contributed by atoms with van der Waals surface area (Å²) in [5.41, 5.74) is 0. The fraction of sp³-hybridized carbons (Fsp3) is 0. The van der Waals surface area contributed by atoms with Gasteiger partial charge >= 0.3 is 38.9 Å². The third-order valence-corrected chi connectivity index (χ3v) is 0.642. The van der Waals surface area contributed by atoms with Gasteiger partial charge in [0.15, 0.2) is 0 Å². The molecule has 0 aliphatic rings. The molecule has 0 heterocycles. The van der Waals surface area contributed by atoms with Crippen LogP contribution in [0.15, 0.2) is 0 Å². The molecule has 0 fully saturated rings. The number of amides is 1. The Kier molecular flexibility index (Phi) is 2.12. The SMILES string of the molecule is O=C(O)[NH][Ga]. The predicted molar refractivity (Wildman–Crippen MR) is 16.9 cm³/mol. The topological polar surface area (TPSA) is 49.3 Å². The van der Waals surface area contributed by atoms with Crippen molar-refractivity contribution in [2.75, 3.05) is 0 Å². The quantitative estimate of drug-likeness (QED) is 0.427. The fourth-order valence-corrected chi connectivity index (χ4v) is 0. The monoisotopic (exact) mass is 129 g/mol. The fourth-order valence-electron chi connectivity index (χ4n) is 0. The van der Waals surface area contributed by atoms with E-state index in [0.717, 1.165) is 18.8 Å². The summed E-state index contributed by atoms with van der Waals surface area (Å²) in [6, 6.07) is 0. The van der Waals surface area contributed by atoms with E-state index in [1.54, 1.807) is 0 Å². The first-order chi connectivity index (χ1) is 2.27. The molecule has 0 aromatic carbocycles. The van der Waals surface area contributed by atoms with Crippen molar-refractivity contribution in [1.82, 2.24) is 4.02 Å². The number of hydrogen-bond donors (Lipinski definition) is 2. The second-order valence-corrected chi connectivity index (χ2v) is 1.06. The zero-order valence-corrected chi connectivity index (χ0v) is 4.86. The molecule has 0 atom stereocenters.